The number of nitrogens with zero attached hydrogens (tertiary/aromatic N) is 1. The normalized spacial score (nSPS) is 21.1. The molecule has 1 atom stereocenters. The molecule has 1 saturated carbocycles. The average molecular weight is 258 g/mol. The van der Waals surface area contributed by atoms with Crippen LogP contribution in [-0.4, -0.2) is 17.0 Å². The lowest BCUT2D eigenvalue weighted by Gasteiger charge is -2.01. The van der Waals surface area contributed by atoms with E-state index in [1.165, 1.54) is 0 Å². The maximum Gasteiger partial charge on any atom is 0.252 e. The van der Waals surface area contributed by atoms with Gasteiger partial charge in [-0.1, -0.05) is 19.0 Å². The van der Waals surface area contributed by atoms with Gasteiger partial charge in [0.25, 0.3) is 5.92 Å². The van der Waals surface area contributed by atoms with Crippen LogP contribution in [0.5, 0.6) is 0 Å². The third-order valence-corrected chi connectivity index (χ3v) is 3.00. The standard InChI is InChI=1S/C12H16F2N2O2/c1-7(2)10-4-9(16-18-10)6-15-11(17)3-8-5-12(8,13)14/h4,7-8H,3,5-6H2,1-2H3,(H,15,17)/t8-/m0/s1. The SMILES string of the molecule is CC(C)c1cc(CNC(=O)C[C@H]2CC2(F)F)no1. The van der Waals surface area contributed by atoms with Gasteiger partial charge in [0.1, 0.15) is 11.5 Å². The fourth-order valence-electron chi connectivity index (χ4n) is 1.66. The second-order valence-electron chi connectivity index (χ2n) is 5.02. The first kappa shape index (κ1) is 13.0. The van der Waals surface area contributed by atoms with E-state index in [-0.39, 0.29) is 31.2 Å². The molecule has 0 unspecified atom stereocenters. The third-order valence-electron chi connectivity index (χ3n) is 3.00. The van der Waals surface area contributed by atoms with Crippen molar-refractivity contribution in [2.75, 3.05) is 0 Å². The number of hydrogen-bond acceptors (Lipinski definition) is 3. The molecule has 1 N–H and O–H groups in total. The number of halogens is 2. The van der Waals surface area contributed by atoms with Gasteiger partial charge in [0, 0.05) is 30.7 Å². The molecule has 1 aliphatic rings. The minimum Gasteiger partial charge on any atom is -0.361 e. The topological polar surface area (TPSA) is 55.1 Å². The number of aromatic nitrogens is 1. The monoisotopic (exact) mass is 258 g/mol. The summed E-state index contributed by atoms with van der Waals surface area (Å²) in [5, 5.41) is 6.36. The fourth-order valence-corrected chi connectivity index (χ4v) is 1.66. The summed E-state index contributed by atoms with van der Waals surface area (Å²) in [6.07, 6.45) is -0.302. The number of alkyl halides is 2. The Bertz CT molecular complexity index is 443. The molecule has 0 aromatic carbocycles. The van der Waals surface area contributed by atoms with Gasteiger partial charge in [-0.25, -0.2) is 8.78 Å². The van der Waals surface area contributed by atoms with E-state index in [0.717, 1.165) is 5.76 Å². The zero-order chi connectivity index (χ0) is 13.3. The lowest BCUT2D eigenvalue weighted by Crippen LogP contribution is -2.23. The molecule has 0 aliphatic heterocycles. The Balaban J connectivity index is 1.75. The molecule has 100 valence electrons. The Hall–Kier alpha value is -1.46. The van der Waals surface area contributed by atoms with E-state index in [9.17, 15) is 13.6 Å². The van der Waals surface area contributed by atoms with Crippen molar-refractivity contribution in [2.45, 2.75) is 45.1 Å². The Kier molecular flexibility index (Phi) is 3.36. The number of rotatable bonds is 5. The van der Waals surface area contributed by atoms with Crippen molar-refractivity contribution in [1.82, 2.24) is 10.5 Å². The lowest BCUT2D eigenvalue weighted by molar-refractivity contribution is -0.122. The minimum absolute atomic E-state index is 0.123. The molecule has 4 nitrogen and oxygen atoms in total. The van der Waals surface area contributed by atoms with E-state index in [1.807, 2.05) is 13.8 Å². The lowest BCUT2D eigenvalue weighted by atomic mass is 10.1. The first-order valence-corrected chi connectivity index (χ1v) is 5.98. The number of amides is 1. The Morgan fingerprint density at radius 1 is 1.67 bits per heavy atom. The molecule has 1 heterocycles. The Morgan fingerprint density at radius 2 is 2.33 bits per heavy atom. The molecule has 0 radical (unpaired) electrons. The average Bonchev–Trinajstić information content (AvgIpc) is 2.73. The van der Waals surface area contributed by atoms with Crippen LogP contribution in [0, 0.1) is 5.92 Å². The van der Waals surface area contributed by atoms with Crippen molar-refractivity contribution in [3.8, 4) is 0 Å². The maximum absolute atomic E-state index is 12.6. The van der Waals surface area contributed by atoms with Gasteiger partial charge >= 0.3 is 0 Å². The summed E-state index contributed by atoms with van der Waals surface area (Å²) in [4.78, 5) is 11.4. The first-order chi connectivity index (χ1) is 8.38. The highest BCUT2D eigenvalue weighted by atomic mass is 19.3. The van der Waals surface area contributed by atoms with Crippen molar-refractivity contribution < 1.29 is 18.1 Å². The van der Waals surface area contributed by atoms with Crippen LogP contribution in [0.4, 0.5) is 8.78 Å². The highest BCUT2D eigenvalue weighted by molar-refractivity contribution is 5.76. The zero-order valence-electron chi connectivity index (χ0n) is 10.4. The van der Waals surface area contributed by atoms with Crippen molar-refractivity contribution in [3.05, 3.63) is 17.5 Å². The molecule has 18 heavy (non-hydrogen) atoms. The maximum atomic E-state index is 12.6. The van der Waals surface area contributed by atoms with E-state index in [4.69, 9.17) is 4.52 Å². The molecular formula is C12H16F2N2O2. The molecule has 6 heteroatoms. The molecule has 1 fully saturated rings. The van der Waals surface area contributed by atoms with Gasteiger partial charge < -0.3 is 9.84 Å². The van der Waals surface area contributed by atoms with Gasteiger partial charge in [-0.3, -0.25) is 4.79 Å². The van der Waals surface area contributed by atoms with Gasteiger partial charge in [-0.15, -0.1) is 0 Å². The van der Waals surface area contributed by atoms with Crippen LogP contribution in [0.25, 0.3) is 0 Å². The largest absolute Gasteiger partial charge is 0.361 e. The second-order valence-corrected chi connectivity index (χ2v) is 5.02. The second kappa shape index (κ2) is 4.66. The molecule has 0 bridgehead atoms. The minimum atomic E-state index is -2.64. The van der Waals surface area contributed by atoms with Gasteiger partial charge in [-0.2, -0.15) is 0 Å². The van der Waals surface area contributed by atoms with Crippen LogP contribution < -0.4 is 5.32 Å². The number of carbonyl (C=O) groups excluding carboxylic acids is 1. The fraction of sp³-hybridized carbons (Fsp3) is 0.667. The van der Waals surface area contributed by atoms with Crippen LogP contribution in [0.2, 0.25) is 0 Å². The van der Waals surface area contributed by atoms with Crippen molar-refractivity contribution in [3.63, 3.8) is 0 Å². The molecule has 1 aromatic heterocycles. The van der Waals surface area contributed by atoms with Crippen molar-refractivity contribution in [1.29, 1.82) is 0 Å². The summed E-state index contributed by atoms with van der Waals surface area (Å²) in [5.41, 5.74) is 0.606. The molecule has 0 spiro atoms. The van der Waals surface area contributed by atoms with E-state index >= 15 is 0 Å². The first-order valence-electron chi connectivity index (χ1n) is 5.98. The molecule has 0 saturated heterocycles. The van der Waals surface area contributed by atoms with Gasteiger partial charge in [0.05, 0.1) is 6.54 Å². The van der Waals surface area contributed by atoms with E-state index in [1.54, 1.807) is 6.07 Å². The summed E-state index contributed by atoms with van der Waals surface area (Å²) < 4.78 is 30.3. The highest BCUT2D eigenvalue weighted by Crippen LogP contribution is 2.50. The Labute approximate surface area is 104 Å². The molecule has 1 amide bonds. The van der Waals surface area contributed by atoms with Crippen LogP contribution in [0.1, 0.15) is 44.1 Å². The Morgan fingerprint density at radius 3 is 2.83 bits per heavy atom. The van der Waals surface area contributed by atoms with Crippen molar-refractivity contribution in [2.24, 2.45) is 5.92 Å². The molecule has 1 aromatic rings. The highest BCUT2D eigenvalue weighted by Gasteiger charge is 2.57. The van der Waals surface area contributed by atoms with Gasteiger partial charge in [-0.05, 0) is 0 Å². The summed E-state index contributed by atoms with van der Waals surface area (Å²) in [6, 6.07) is 1.76. The predicted octanol–water partition coefficient (Wildman–Crippen LogP) is 2.46. The summed E-state index contributed by atoms with van der Waals surface area (Å²) >= 11 is 0. The third kappa shape index (κ3) is 3.05. The van der Waals surface area contributed by atoms with Crippen LogP contribution >= 0.6 is 0 Å². The smallest absolute Gasteiger partial charge is 0.252 e. The summed E-state index contributed by atoms with van der Waals surface area (Å²) in [5.74, 6) is -2.83. The van der Waals surface area contributed by atoms with Crippen LogP contribution in [0.3, 0.4) is 0 Å². The number of nitrogens with one attached hydrogen (secondary N) is 1. The van der Waals surface area contributed by atoms with E-state index in [0.29, 0.717) is 5.69 Å². The predicted molar refractivity (Wildman–Crippen MR) is 60.1 cm³/mol. The van der Waals surface area contributed by atoms with E-state index < -0.39 is 11.8 Å². The summed E-state index contributed by atoms with van der Waals surface area (Å²) in [7, 11) is 0. The number of hydrogen-bond donors (Lipinski definition) is 1. The van der Waals surface area contributed by atoms with Gasteiger partial charge in [0.2, 0.25) is 5.91 Å². The van der Waals surface area contributed by atoms with Crippen LogP contribution in [0.15, 0.2) is 10.6 Å². The quantitative estimate of drug-likeness (QED) is 0.882. The van der Waals surface area contributed by atoms with E-state index in [2.05, 4.69) is 10.5 Å². The van der Waals surface area contributed by atoms with Crippen molar-refractivity contribution >= 4 is 5.91 Å². The van der Waals surface area contributed by atoms with Gasteiger partial charge in [0.15, 0.2) is 0 Å². The molecular weight excluding hydrogens is 242 g/mol. The zero-order valence-corrected chi connectivity index (χ0v) is 10.4. The molecule has 2 rings (SSSR count). The molecule has 1 aliphatic carbocycles. The number of carbonyl (C=O) groups is 1. The summed E-state index contributed by atoms with van der Waals surface area (Å²) in [6.45, 7) is 4.16. The van der Waals surface area contributed by atoms with Crippen LogP contribution in [-0.2, 0) is 11.3 Å².